The van der Waals surface area contributed by atoms with Gasteiger partial charge in [-0.3, -0.25) is 9.59 Å². The van der Waals surface area contributed by atoms with E-state index in [9.17, 15) is 19.8 Å². The smallest absolute Gasteiger partial charge is 0.203 e. The van der Waals surface area contributed by atoms with Gasteiger partial charge >= 0.3 is 0 Å². The lowest BCUT2D eigenvalue weighted by atomic mass is 9.83. The Hall–Kier alpha value is -3.02. The van der Waals surface area contributed by atoms with Gasteiger partial charge in [-0.25, -0.2) is 0 Å². The van der Waals surface area contributed by atoms with Crippen LogP contribution < -0.4 is 9.47 Å². The number of hydrogen-bond acceptors (Lipinski definition) is 6. The fraction of sp³-hybridized carbons (Fsp3) is 0.125. The maximum absolute atomic E-state index is 12.7. The molecule has 0 aromatic heterocycles. The van der Waals surface area contributed by atoms with Crippen LogP contribution in [0.1, 0.15) is 31.8 Å². The van der Waals surface area contributed by atoms with Gasteiger partial charge in [0.1, 0.15) is 5.75 Å². The van der Waals surface area contributed by atoms with Crippen molar-refractivity contribution in [2.75, 3.05) is 14.2 Å². The molecule has 0 bridgehead atoms. The van der Waals surface area contributed by atoms with E-state index in [1.54, 1.807) is 0 Å². The number of methoxy groups -OCH3 is 2. The minimum Gasteiger partial charge on any atom is -0.508 e. The zero-order valence-electron chi connectivity index (χ0n) is 11.8. The monoisotopic (exact) mass is 300 g/mol. The van der Waals surface area contributed by atoms with Crippen LogP contribution in [0.3, 0.4) is 0 Å². The molecule has 0 amide bonds. The molecule has 1 aliphatic carbocycles. The normalized spacial score (nSPS) is 12.6. The molecule has 0 saturated heterocycles. The highest BCUT2D eigenvalue weighted by atomic mass is 16.5. The van der Waals surface area contributed by atoms with E-state index in [-0.39, 0.29) is 45.3 Å². The van der Waals surface area contributed by atoms with Gasteiger partial charge in [-0.1, -0.05) is 0 Å². The lowest BCUT2D eigenvalue weighted by molar-refractivity contribution is 0.0975. The fourth-order valence-corrected chi connectivity index (χ4v) is 2.62. The third-order valence-corrected chi connectivity index (χ3v) is 3.59. The molecular formula is C16H12O6. The Morgan fingerprint density at radius 2 is 1.50 bits per heavy atom. The average Bonchev–Trinajstić information content (AvgIpc) is 2.51. The SMILES string of the molecule is COc1c(O)cc2c(c1OC)C(=O)c1ccc(O)cc1C2=O. The molecule has 2 aromatic carbocycles. The highest BCUT2D eigenvalue weighted by Crippen LogP contribution is 2.45. The lowest BCUT2D eigenvalue weighted by Gasteiger charge is -2.21. The number of benzene rings is 2. The maximum atomic E-state index is 12.7. The number of phenols is 2. The summed E-state index contributed by atoms with van der Waals surface area (Å²) in [6.07, 6.45) is 0. The number of rotatable bonds is 2. The van der Waals surface area contributed by atoms with Gasteiger partial charge in [0, 0.05) is 16.7 Å². The number of hydrogen-bond donors (Lipinski definition) is 2. The molecule has 0 atom stereocenters. The predicted octanol–water partition coefficient (Wildman–Crippen LogP) is 1.89. The van der Waals surface area contributed by atoms with Crippen LogP contribution in [0, 0.1) is 0 Å². The molecule has 0 aliphatic heterocycles. The third kappa shape index (κ3) is 1.74. The molecule has 1 aliphatic rings. The number of fused-ring (bicyclic) bond motifs is 2. The van der Waals surface area contributed by atoms with E-state index in [0.717, 1.165) is 0 Å². The van der Waals surface area contributed by atoms with E-state index in [0.29, 0.717) is 0 Å². The van der Waals surface area contributed by atoms with Gasteiger partial charge in [0.25, 0.3) is 0 Å². The fourth-order valence-electron chi connectivity index (χ4n) is 2.62. The molecule has 0 unspecified atom stereocenters. The number of phenolic OH excluding ortho intramolecular Hbond substituents is 2. The molecule has 0 spiro atoms. The molecule has 0 radical (unpaired) electrons. The van der Waals surface area contributed by atoms with Gasteiger partial charge < -0.3 is 19.7 Å². The van der Waals surface area contributed by atoms with E-state index in [1.807, 2.05) is 0 Å². The first-order valence-electron chi connectivity index (χ1n) is 6.40. The molecule has 2 aromatic rings. The van der Waals surface area contributed by atoms with Gasteiger partial charge in [0.05, 0.1) is 19.8 Å². The highest BCUT2D eigenvalue weighted by molar-refractivity contribution is 6.29. The molecule has 0 saturated carbocycles. The summed E-state index contributed by atoms with van der Waals surface area (Å²) < 4.78 is 10.2. The Balaban J connectivity index is 2.37. The summed E-state index contributed by atoms with van der Waals surface area (Å²) >= 11 is 0. The zero-order chi connectivity index (χ0) is 16.0. The topological polar surface area (TPSA) is 93.1 Å². The molecule has 6 heteroatoms. The molecule has 6 nitrogen and oxygen atoms in total. The molecule has 0 heterocycles. The summed E-state index contributed by atoms with van der Waals surface area (Å²) in [5.74, 6) is -1.33. The number of carbonyl (C=O) groups excluding carboxylic acids is 2. The minimum atomic E-state index is -0.475. The number of carbonyl (C=O) groups is 2. The van der Waals surface area contributed by atoms with Crippen molar-refractivity contribution in [2.45, 2.75) is 0 Å². The van der Waals surface area contributed by atoms with Crippen LogP contribution in [-0.2, 0) is 0 Å². The minimum absolute atomic E-state index is 0.00887. The number of ketones is 2. The van der Waals surface area contributed by atoms with Crippen molar-refractivity contribution in [1.82, 2.24) is 0 Å². The first-order valence-corrected chi connectivity index (χ1v) is 6.40. The number of ether oxygens (including phenoxy) is 2. The Labute approximate surface area is 125 Å². The Morgan fingerprint density at radius 3 is 2.14 bits per heavy atom. The summed E-state index contributed by atoms with van der Waals surface area (Å²) in [6.45, 7) is 0. The van der Waals surface area contributed by atoms with Crippen molar-refractivity contribution in [3.05, 3.63) is 46.5 Å². The standard InChI is InChI=1S/C16H12O6/c1-21-15-11(18)6-10-12(16(15)22-2)14(20)8-4-3-7(17)5-9(8)13(10)19/h3-6,17-18H,1-2H3. The van der Waals surface area contributed by atoms with Crippen LogP contribution in [0.15, 0.2) is 24.3 Å². The van der Waals surface area contributed by atoms with Gasteiger partial charge in [-0.2, -0.15) is 0 Å². The summed E-state index contributed by atoms with van der Waals surface area (Å²) in [7, 11) is 2.65. The van der Waals surface area contributed by atoms with Gasteiger partial charge in [0.2, 0.25) is 5.75 Å². The summed E-state index contributed by atoms with van der Waals surface area (Å²) in [6, 6.07) is 5.11. The van der Waals surface area contributed by atoms with Crippen LogP contribution in [0.2, 0.25) is 0 Å². The van der Waals surface area contributed by atoms with Crippen LogP contribution in [0.4, 0.5) is 0 Å². The molecule has 112 valence electrons. The summed E-state index contributed by atoms with van der Waals surface area (Å²) in [5, 5.41) is 19.5. The van der Waals surface area contributed by atoms with Crippen molar-refractivity contribution in [3.63, 3.8) is 0 Å². The van der Waals surface area contributed by atoms with E-state index in [4.69, 9.17) is 9.47 Å². The second kappa shape index (κ2) is 4.77. The summed E-state index contributed by atoms with van der Waals surface area (Å²) in [5.41, 5.74) is 0.309. The van der Waals surface area contributed by atoms with Gasteiger partial charge in [-0.15, -0.1) is 0 Å². The molecule has 3 rings (SSSR count). The van der Waals surface area contributed by atoms with Crippen LogP contribution in [0.5, 0.6) is 23.0 Å². The van der Waals surface area contributed by atoms with E-state index in [2.05, 4.69) is 0 Å². The van der Waals surface area contributed by atoms with Crippen molar-refractivity contribution in [1.29, 1.82) is 0 Å². The van der Waals surface area contributed by atoms with Crippen molar-refractivity contribution in [2.24, 2.45) is 0 Å². The van der Waals surface area contributed by atoms with Crippen LogP contribution in [0.25, 0.3) is 0 Å². The molecule has 0 fully saturated rings. The Bertz CT molecular complexity index is 822. The molecule has 22 heavy (non-hydrogen) atoms. The van der Waals surface area contributed by atoms with Gasteiger partial charge in [0.15, 0.2) is 23.1 Å². The zero-order valence-corrected chi connectivity index (χ0v) is 11.8. The Morgan fingerprint density at radius 1 is 0.818 bits per heavy atom. The Kier molecular flexibility index (Phi) is 3.02. The lowest BCUT2D eigenvalue weighted by Crippen LogP contribution is -2.22. The molecule has 2 N–H and O–H groups in total. The first kappa shape index (κ1) is 13.9. The average molecular weight is 300 g/mol. The van der Waals surface area contributed by atoms with E-state index < -0.39 is 11.6 Å². The predicted molar refractivity (Wildman–Crippen MR) is 76.2 cm³/mol. The van der Waals surface area contributed by atoms with Crippen LogP contribution >= 0.6 is 0 Å². The first-order chi connectivity index (χ1) is 10.5. The maximum Gasteiger partial charge on any atom is 0.203 e. The second-order valence-corrected chi connectivity index (χ2v) is 4.77. The van der Waals surface area contributed by atoms with E-state index in [1.165, 1.54) is 38.5 Å². The largest absolute Gasteiger partial charge is 0.508 e. The summed E-state index contributed by atoms with van der Waals surface area (Å²) in [4.78, 5) is 25.2. The van der Waals surface area contributed by atoms with Crippen LogP contribution in [-0.4, -0.2) is 36.0 Å². The molecular weight excluding hydrogens is 288 g/mol. The number of aromatic hydroxyl groups is 2. The second-order valence-electron chi connectivity index (χ2n) is 4.77. The van der Waals surface area contributed by atoms with Gasteiger partial charge in [-0.05, 0) is 24.3 Å². The van der Waals surface area contributed by atoms with E-state index >= 15 is 0 Å². The van der Waals surface area contributed by atoms with Crippen molar-refractivity contribution in [3.8, 4) is 23.0 Å². The highest BCUT2D eigenvalue weighted by Gasteiger charge is 2.35. The quantitative estimate of drug-likeness (QED) is 0.750. The van der Waals surface area contributed by atoms with Crippen molar-refractivity contribution >= 4 is 11.6 Å². The third-order valence-electron chi connectivity index (χ3n) is 3.59. The van der Waals surface area contributed by atoms with Crippen molar-refractivity contribution < 1.29 is 29.3 Å².